The molecule has 0 aliphatic heterocycles. The van der Waals surface area contributed by atoms with Crippen LogP contribution in [0.25, 0.3) is 11.1 Å². The van der Waals surface area contributed by atoms with Crippen LogP contribution in [0.5, 0.6) is 0 Å². The van der Waals surface area contributed by atoms with E-state index in [4.69, 9.17) is 16.3 Å². The molecule has 166 valence electrons. The zero-order valence-corrected chi connectivity index (χ0v) is 19.2. The van der Waals surface area contributed by atoms with Crippen molar-refractivity contribution in [3.05, 3.63) is 107 Å². The van der Waals surface area contributed by atoms with Crippen molar-refractivity contribution in [1.82, 2.24) is 4.98 Å². The van der Waals surface area contributed by atoms with Crippen molar-refractivity contribution in [2.45, 2.75) is 19.8 Å². The normalized spacial score (nSPS) is 10.6. The molecular weight excluding hydrogens is 432 g/mol. The van der Waals surface area contributed by atoms with Crippen molar-refractivity contribution in [1.29, 1.82) is 0 Å². The smallest absolute Gasteiger partial charge is 0.293 e. The van der Waals surface area contributed by atoms with Gasteiger partial charge in [-0.15, -0.1) is 0 Å². The highest BCUT2D eigenvalue weighted by Gasteiger charge is 2.13. The molecule has 0 spiro atoms. The summed E-state index contributed by atoms with van der Waals surface area (Å²) in [6, 6.07) is 29.3. The first-order chi connectivity index (χ1) is 16.1. The molecule has 1 aromatic heterocycles. The fourth-order valence-corrected chi connectivity index (χ4v) is 3.82. The summed E-state index contributed by atoms with van der Waals surface area (Å²) in [5, 5.41) is 0.487. The Hall–Kier alpha value is -3.63. The molecule has 1 heterocycles. The fraction of sp³-hybridized carbons (Fsp3) is 0.143. The zero-order chi connectivity index (χ0) is 23.0. The number of carbonyl (C=O) groups excluding carboxylic acids is 1. The largest absolute Gasteiger partial charge is 0.468 e. The van der Waals surface area contributed by atoms with E-state index in [0.717, 1.165) is 41.0 Å². The summed E-state index contributed by atoms with van der Waals surface area (Å²) >= 11 is 5.93. The van der Waals surface area contributed by atoms with E-state index >= 15 is 0 Å². The number of aryl methyl sites for hydroxylation is 2. The predicted octanol–water partition coefficient (Wildman–Crippen LogP) is 7.29. The summed E-state index contributed by atoms with van der Waals surface area (Å²) in [4.78, 5) is 16.7. The summed E-state index contributed by atoms with van der Waals surface area (Å²) < 4.78 is 4.79. The molecule has 3 aromatic carbocycles. The monoisotopic (exact) mass is 456 g/mol. The van der Waals surface area contributed by atoms with Gasteiger partial charge < -0.3 is 9.64 Å². The first-order valence-corrected chi connectivity index (χ1v) is 11.2. The van der Waals surface area contributed by atoms with Gasteiger partial charge >= 0.3 is 0 Å². The molecule has 0 radical (unpaired) electrons. The van der Waals surface area contributed by atoms with Crippen LogP contribution in [0.15, 0.2) is 91.1 Å². The average molecular weight is 457 g/mol. The van der Waals surface area contributed by atoms with Gasteiger partial charge in [-0.3, -0.25) is 4.79 Å². The summed E-state index contributed by atoms with van der Waals surface area (Å²) in [5.41, 5.74) is 7.77. The lowest BCUT2D eigenvalue weighted by Gasteiger charge is -2.26. The maximum atomic E-state index is 10.3. The van der Waals surface area contributed by atoms with Gasteiger partial charge in [-0.1, -0.05) is 53.6 Å². The zero-order valence-electron chi connectivity index (χ0n) is 18.4. The number of hydrogen-bond donors (Lipinski definition) is 0. The van der Waals surface area contributed by atoms with Crippen LogP contribution in [-0.4, -0.2) is 18.1 Å². The number of rotatable bonds is 9. The van der Waals surface area contributed by atoms with Gasteiger partial charge in [0.05, 0.1) is 6.61 Å². The van der Waals surface area contributed by atoms with Crippen molar-refractivity contribution in [3.8, 4) is 11.1 Å². The van der Waals surface area contributed by atoms with E-state index in [9.17, 15) is 4.79 Å². The summed E-state index contributed by atoms with van der Waals surface area (Å²) in [7, 11) is 0. The first kappa shape index (κ1) is 22.6. The molecule has 0 unspecified atom stereocenters. The van der Waals surface area contributed by atoms with Crippen molar-refractivity contribution in [2.75, 3.05) is 11.5 Å². The molecule has 0 saturated heterocycles. The van der Waals surface area contributed by atoms with E-state index in [0.29, 0.717) is 18.2 Å². The molecule has 0 fully saturated rings. The van der Waals surface area contributed by atoms with E-state index in [1.165, 1.54) is 11.1 Å². The Balaban J connectivity index is 1.62. The average Bonchev–Trinajstić information content (AvgIpc) is 2.85. The van der Waals surface area contributed by atoms with E-state index in [-0.39, 0.29) is 0 Å². The van der Waals surface area contributed by atoms with Crippen LogP contribution in [0.4, 0.5) is 17.1 Å². The van der Waals surface area contributed by atoms with Crippen LogP contribution in [0, 0.1) is 6.92 Å². The number of halogens is 1. The summed E-state index contributed by atoms with van der Waals surface area (Å²) in [5.74, 6) is 0. The molecule has 0 N–H and O–H groups in total. The lowest BCUT2D eigenvalue weighted by Crippen LogP contribution is -2.10. The maximum absolute atomic E-state index is 10.3. The highest BCUT2D eigenvalue weighted by Crippen LogP contribution is 2.35. The molecule has 4 rings (SSSR count). The van der Waals surface area contributed by atoms with E-state index in [1.807, 2.05) is 6.07 Å². The first-order valence-electron chi connectivity index (χ1n) is 10.9. The molecule has 33 heavy (non-hydrogen) atoms. The minimum Gasteiger partial charge on any atom is -0.468 e. The molecule has 4 nitrogen and oxygen atoms in total. The SMILES string of the molecule is Cc1ccc(N(c2ccc(CCCOC=O)cc2)c2ccc(-c3ccc(Cl)nc3)cc2)cc1. The van der Waals surface area contributed by atoms with Gasteiger partial charge in [-0.05, 0) is 79.4 Å². The highest BCUT2D eigenvalue weighted by molar-refractivity contribution is 6.29. The van der Waals surface area contributed by atoms with E-state index in [2.05, 4.69) is 89.6 Å². The molecule has 0 amide bonds. The Bertz CT molecular complexity index is 1170. The lowest BCUT2D eigenvalue weighted by atomic mass is 10.1. The van der Waals surface area contributed by atoms with Crippen LogP contribution in [0.1, 0.15) is 17.5 Å². The Kier molecular flexibility index (Phi) is 7.38. The third kappa shape index (κ3) is 5.79. The molecule has 0 aliphatic rings. The van der Waals surface area contributed by atoms with Crippen molar-refractivity contribution in [3.63, 3.8) is 0 Å². The number of anilines is 3. The van der Waals surface area contributed by atoms with Gasteiger partial charge in [-0.25, -0.2) is 4.98 Å². The second kappa shape index (κ2) is 10.8. The Morgan fingerprint density at radius 2 is 1.39 bits per heavy atom. The molecule has 0 aliphatic carbocycles. The molecule has 5 heteroatoms. The number of hydrogen-bond acceptors (Lipinski definition) is 4. The quantitative estimate of drug-likeness (QED) is 0.151. The number of nitrogens with zero attached hydrogens (tertiary/aromatic N) is 2. The number of ether oxygens (including phenoxy) is 1. The van der Waals surface area contributed by atoms with Gasteiger partial charge in [0.15, 0.2) is 0 Å². The number of aromatic nitrogens is 1. The number of pyridine rings is 1. The number of benzene rings is 3. The number of carbonyl (C=O) groups is 1. The van der Waals surface area contributed by atoms with Crippen molar-refractivity contribution in [2.24, 2.45) is 0 Å². The standard InChI is InChI=1S/C28H25ClN2O2/c1-21-4-11-25(12-5-21)31(26-13-6-22(7-14-26)3-2-18-33-20-32)27-15-8-23(9-16-27)24-10-17-28(29)30-19-24/h4-17,19-20H,2-3,18H2,1H3. The van der Waals surface area contributed by atoms with Gasteiger partial charge in [0, 0.05) is 28.8 Å². The molecule has 4 aromatic rings. The molecule has 0 atom stereocenters. The Labute approximate surface area is 199 Å². The lowest BCUT2D eigenvalue weighted by molar-refractivity contribution is -0.128. The van der Waals surface area contributed by atoms with Gasteiger partial charge in [0.2, 0.25) is 0 Å². The van der Waals surface area contributed by atoms with Crippen LogP contribution in [0.2, 0.25) is 5.15 Å². The summed E-state index contributed by atoms with van der Waals surface area (Å²) in [6.45, 7) is 3.03. The second-order valence-corrected chi connectivity index (χ2v) is 8.21. The van der Waals surface area contributed by atoms with Gasteiger partial charge in [-0.2, -0.15) is 0 Å². The molecule has 0 bridgehead atoms. The van der Waals surface area contributed by atoms with Crippen LogP contribution in [-0.2, 0) is 16.0 Å². The fourth-order valence-electron chi connectivity index (χ4n) is 3.71. The van der Waals surface area contributed by atoms with Crippen LogP contribution < -0.4 is 4.90 Å². The third-order valence-electron chi connectivity index (χ3n) is 5.47. The Morgan fingerprint density at radius 1 is 0.818 bits per heavy atom. The topological polar surface area (TPSA) is 42.4 Å². The van der Waals surface area contributed by atoms with Crippen molar-refractivity contribution < 1.29 is 9.53 Å². The van der Waals surface area contributed by atoms with E-state index in [1.54, 1.807) is 12.3 Å². The van der Waals surface area contributed by atoms with Gasteiger partial charge in [0.1, 0.15) is 5.15 Å². The summed E-state index contributed by atoms with van der Waals surface area (Å²) in [6.07, 6.45) is 3.46. The van der Waals surface area contributed by atoms with Gasteiger partial charge in [0.25, 0.3) is 6.47 Å². The highest BCUT2D eigenvalue weighted by atomic mass is 35.5. The Morgan fingerprint density at radius 3 is 1.97 bits per heavy atom. The van der Waals surface area contributed by atoms with E-state index < -0.39 is 0 Å². The van der Waals surface area contributed by atoms with Crippen LogP contribution in [0.3, 0.4) is 0 Å². The predicted molar refractivity (Wildman–Crippen MR) is 134 cm³/mol. The minimum atomic E-state index is 0.441. The minimum absolute atomic E-state index is 0.441. The van der Waals surface area contributed by atoms with Crippen molar-refractivity contribution >= 4 is 35.1 Å². The molecule has 0 saturated carbocycles. The maximum Gasteiger partial charge on any atom is 0.293 e. The second-order valence-electron chi connectivity index (χ2n) is 7.82. The third-order valence-corrected chi connectivity index (χ3v) is 5.69. The van der Waals surface area contributed by atoms with Crippen LogP contribution >= 0.6 is 11.6 Å². The molecular formula is C28H25ClN2O2.